The maximum Gasteiger partial charge on any atom is 0.279 e. The minimum absolute atomic E-state index is 0.0311. The quantitative estimate of drug-likeness (QED) is 0.460. The normalized spacial score (nSPS) is 19.4. The summed E-state index contributed by atoms with van der Waals surface area (Å²) >= 11 is 6.70. The Morgan fingerprint density at radius 3 is 2.83 bits per heavy atom. The minimum Gasteiger partial charge on any atom is -0.355 e. The van der Waals surface area contributed by atoms with E-state index in [1.807, 2.05) is 31.4 Å². The summed E-state index contributed by atoms with van der Waals surface area (Å²) < 4.78 is 17.8. The van der Waals surface area contributed by atoms with Gasteiger partial charge in [-0.25, -0.2) is 9.37 Å². The molecule has 2 aromatic carbocycles. The lowest BCUT2D eigenvalue weighted by molar-refractivity contribution is 0.347. The van der Waals surface area contributed by atoms with Gasteiger partial charge in [0.25, 0.3) is 5.56 Å². The molecule has 36 heavy (non-hydrogen) atoms. The van der Waals surface area contributed by atoms with Gasteiger partial charge in [0.15, 0.2) is 5.82 Å². The summed E-state index contributed by atoms with van der Waals surface area (Å²) in [7, 11) is 1.83. The van der Waals surface area contributed by atoms with Crippen LogP contribution in [0, 0.1) is 29.0 Å². The molecule has 0 bridgehead atoms. The number of halogens is 2. The first-order chi connectivity index (χ1) is 17.4. The van der Waals surface area contributed by atoms with Gasteiger partial charge in [-0.3, -0.25) is 14.0 Å². The number of nitrogens with zero attached hydrogens (tertiary/aromatic N) is 6. The van der Waals surface area contributed by atoms with Gasteiger partial charge in [-0.05, 0) is 67.7 Å². The molecule has 0 spiro atoms. The Labute approximate surface area is 211 Å². The largest absolute Gasteiger partial charge is 0.355 e. The summed E-state index contributed by atoms with van der Waals surface area (Å²) in [6.45, 7) is 3.42. The number of nitriles is 1. The lowest BCUT2D eigenvalue weighted by atomic mass is 9.89. The van der Waals surface area contributed by atoms with Crippen LogP contribution in [0.5, 0.6) is 0 Å². The van der Waals surface area contributed by atoms with Crippen LogP contribution in [0.2, 0.25) is 5.02 Å². The zero-order chi connectivity index (χ0) is 25.0. The van der Waals surface area contributed by atoms with Crippen molar-refractivity contribution in [2.75, 3.05) is 31.1 Å². The molecule has 2 unspecified atom stereocenters. The SMILES string of the molecule is Cn1cc2cc(-n3c(-c4ccc(C#N)c(F)c4)nc(N4CCC5CNCC5C4)c(Cl)c3=O)ccc2n1. The van der Waals surface area contributed by atoms with E-state index in [9.17, 15) is 14.4 Å². The second kappa shape index (κ2) is 8.73. The van der Waals surface area contributed by atoms with Gasteiger partial charge < -0.3 is 10.2 Å². The summed E-state index contributed by atoms with van der Waals surface area (Å²) in [4.78, 5) is 20.7. The predicted octanol–water partition coefficient (Wildman–Crippen LogP) is 3.50. The van der Waals surface area contributed by atoms with Crippen LogP contribution in [-0.2, 0) is 7.05 Å². The fraction of sp³-hybridized carbons (Fsp3) is 0.308. The van der Waals surface area contributed by atoms with Crippen LogP contribution in [0.4, 0.5) is 10.2 Å². The van der Waals surface area contributed by atoms with Crippen molar-refractivity contribution in [2.24, 2.45) is 18.9 Å². The fourth-order valence-electron chi connectivity index (χ4n) is 5.38. The first-order valence-electron chi connectivity index (χ1n) is 11.8. The van der Waals surface area contributed by atoms with Crippen LogP contribution in [-0.4, -0.2) is 45.5 Å². The van der Waals surface area contributed by atoms with Gasteiger partial charge in [-0.15, -0.1) is 0 Å². The number of aromatic nitrogens is 4. The van der Waals surface area contributed by atoms with Crippen LogP contribution in [0.25, 0.3) is 28.0 Å². The van der Waals surface area contributed by atoms with Crippen LogP contribution >= 0.6 is 11.6 Å². The lowest BCUT2D eigenvalue weighted by Crippen LogP contribution is -2.41. The third kappa shape index (κ3) is 3.74. The summed E-state index contributed by atoms with van der Waals surface area (Å²) in [6, 6.07) is 11.5. The molecule has 2 atom stereocenters. The van der Waals surface area contributed by atoms with Gasteiger partial charge in [-0.1, -0.05) is 11.6 Å². The average Bonchev–Trinajstić information content (AvgIpc) is 3.49. The van der Waals surface area contributed by atoms with E-state index in [1.165, 1.54) is 16.7 Å². The van der Waals surface area contributed by atoms with Crippen molar-refractivity contribution in [3.63, 3.8) is 0 Å². The van der Waals surface area contributed by atoms with Crippen molar-refractivity contribution in [3.05, 3.63) is 69.4 Å². The number of fused-ring (bicyclic) bond motifs is 2. The van der Waals surface area contributed by atoms with Crippen molar-refractivity contribution in [1.29, 1.82) is 5.26 Å². The van der Waals surface area contributed by atoms with E-state index < -0.39 is 11.4 Å². The fourth-order valence-corrected chi connectivity index (χ4v) is 5.63. The molecule has 2 saturated heterocycles. The highest BCUT2D eigenvalue weighted by atomic mass is 35.5. The van der Waals surface area contributed by atoms with Crippen LogP contribution in [0.15, 0.2) is 47.4 Å². The highest BCUT2D eigenvalue weighted by Crippen LogP contribution is 2.34. The monoisotopic (exact) mass is 503 g/mol. The van der Waals surface area contributed by atoms with Gasteiger partial charge >= 0.3 is 0 Å². The Morgan fingerprint density at radius 2 is 2.03 bits per heavy atom. The molecule has 0 amide bonds. The van der Waals surface area contributed by atoms with E-state index in [0.29, 0.717) is 28.9 Å². The molecule has 0 saturated carbocycles. The van der Waals surface area contributed by atoms with E-state index in [4.69, 9.17) is 16.6 Å². The number of rotatable bonds is 3. The number of aryl methyl sites for hydroxylation is 1. The molecule has 0 aliphatic carbocycles. The highest BCUT2D eigenvalue weighted by Gasteiger charge is 2.34. The first kappa shape index (κ1) is 22.7. The standard InChI is InChI=1S/C26H23ClFN7O/c1-33-13-18-8-20(4-5-22(18)32-33)35-24(15-2-3-16(10-29)21(28)9-15)31-25(23(27)26(35)36)34-7-6-17-11-30-12-19(17)14-34/h2-5,8-9,13,17,19,30H,6-7,11-12,14H2,1H3. The van der Waals surface area contributed by atoms with Gasteiger partial charge in [-0.2, -0.15) is 10.4 Å². The van der Waals surface area contributed by atoms with Crippen LogP contribution < -0.4 is 15.8 Å². The third-order valence-corrected chi connectivity index (χ3v) is 7.55. The number of hydrogen-bond donors (Lipinski definition) is 1. The number of piperidine rings is 1. The van der Waals surface area contributed by atoms with Gasteiger partial charge in [0.1, 0.15) is 22.7 Å². The Morgan fingerprint density at radius 1 is 1.19 bits per heavy atom. The highest BCUT2D eigenvalue weighted by molar-refractivity contribution is 6.32. The lowest BCUT2D eigenvalue weighted by Gasteiger charge is -2.35. The summed E-state index contributed by atoms with van der Waals surface area (Å²) in [5, 5.41) is 17.9. The smallest absolute Gasteiger partial charge is 0.279 e. The molecule has 2 fully saturated rings. The van der Waals surface area contributed by atoms with E-state index >= 15 is 0 Å². The van der Waals surface area contributed by atoms with Crippen molar-refractivity contribution >= 4 is 28.3 Å². The number of nitrogens with one attached hydrogen (secondary N) is 1. The molecule has 2 aromatic heterocycles. The van der Waals surface area contributed by atoms with Crippen molar-refractivity contribution in [2.45, 2.75) is 6.42 Å². The molecular weight excluding hydrogens is 481 g/mol. The van der Waals surface area contributed by atoms with E-state index in [2.05, 4.69) is 15.3 Å². The van der Waals surface area contributed by atoms with Gasteiger partial charge in [0.2, 0.25) is 0 Å². The third-order valence-electron chi connectivity index (χ3n) is 7.22. The molecule has 0 radical (unpaired) electrons. The average molecular weight is 504 g/mol. The van der Waals surface area contributed by atoms with Crippen molar-refractivity contribution in [3.8, 4) is 23.1 Å². The molecule has 2 aliphatic heterocycles. The van der Waals surface area contributed by atoms with E-state index in [0.717, 1.165) is 43.5 Å². The van der Waals surface area contributed by atoms with Crippen LogP contribution in [0.1, 0.15) is 12.0 Å². The molecular formula is C26H23ClFN7O. The Balaban J connectivity index is 1.55. The summed E-state index contributed by atoms with van der Waals surface area (Å²) in [6.07, 6.45) is 2.84. The minimum atomic E-state index is -0.673. The van der Waals surface area contributed by atoms with E-state index in [1.54, 1.807) is 16.8 Å². The molecule has 1 N–H and O–H groups in total. The Hall–Kier alpha value is -3.74. The number of hydrogen-bond acceptors (Lipinski definition) is 6. The Bertz CT molecular complexity index is 1600. The molecule has 182 valence electrons. The topological polar surface area (TPSA) is 91.8 Å². The van der Waals surface area contributed by atoms with Gasteiger partial charge in [0, 0.05) is 37.3 Å². The molecule has 6 rings (SSSR count). The number of benzene rings is 2. The number of anilines is 1. The second-order valence-electron chi connectivity index (χ2n) is 9.48. The molecule has 10 heteroatoms. The van der Waals surface area contributed by atoms with Crippen molar-refractivity contribution < 1.29 is 4.39 Å². The zero-order valence-corrected chi connectivity index (χ0v) is 20.3. The van der Waals surface area contributed by atoms with E-state index in [-0.39, 0.29) is 16.4 Å². The molecule has 4 aromatic rings. The summed E-state index contributed by atoms with van der Waals surface area (Å²) in [5.41, 5.74) is 1.19. The zero-order valence-electron chi connectivity index (χ0n) is 19.6. The van der Waals surface area contributed by atoms with Gasteiger partial charge in [0.05, 0.1) is 16.8 Å². The first-order valence-corrected chi connectivity index (χ1v) is 12.2. The predicted molar refractivity (Wildman–Crippen MR) is 136 cm³/mol. The van der Waals surface area contributed by atoms with Crippen molar-refractivity contribution in [1.82, 2.24) is 24.6 Å². The van der Waals surface area contributed by atoms with Crippen LogP contribution in [0.3, 0.4) is 0 Å². The molecule has 8 nitrogen and oxygen atoms in total. The molecule has 2 aliphatic rings. The maximum atomic E-state index is 14.7. The molecule has 4 heterocycles. The maximum absolute atomic E-state index is 14.7. The Kier molecular flexibility index (Phi) is 5.51. The second-order valence-corrected chi connectivity index (χ2v) is 9.86. The summed E-state index contributed by atoms with van der Waals surface area (Å²) in [5.74, 6) is 1.07.